The number of hydrogen-bond donors (Lipinski definition) is 0. The Morgan fingerprint density at radius 2 is 0.902 bits per heavy atom. The van der Waals surface area contributed by atoms with Crippen LogP contribution in [0.5, 0.6) is 0 Å². The highest BCUT2D eigenvalue weighted by molar-refractivity contribution is 5.96. The first-order valence-corrected chi connectivity index (χ1v) is 21.9. The normalized spacial score (nSPS) is 14.5. The van der Waals surface area contributed by atoms with E-state index in [4.69, 9.17) is 0 Å². The quantitative estimate of drug-likeness (QED) is 0.162. The van der Waals surface area contributed by atoms with Crippen LogP contribution >= 0.6 is 0 Å². The van der Waals surface area contributed by atoms with Gasteiger partial charge in [-0.3, -0.25) is 0 Å². The minimum absolute atomic E-state index is 0.00809. The van der Waals surface area contributed by atoms with Gasteiger partial charge in [-0.2, -0.15) is 0 Å². The molecule has 0 bridgehead atoms. The minimum atomic E-state index is -0.460. The zero-order valence-electron chi connectivity index (χ0n) is 36.8. The van der Waals surface area contributed by atoms with E-state index in [0.29, 0.717) is 0 Å². The number of nitrogens with zero attached hydrogens (tertiary/aromatic N) is 1. The molecule has 0 N–H and O–H groups in total. The fourth-order valence-corrected chi connectivity index (χ4v) is 10.6. The lowest BCUT2D eigenvalue weighted by Crippen LogP contribution is -2.28. The van der Waals surface area contributed by atoms with Crippen LogP contribution in [0.1, 0.15) is 99.9 Å². The Bertz CT molecular complexity index is 2870. The Balaban J connectivity index is 1.21. The van der Waals surface area contributed by atoms with Crippen molar-refractivity contribution in [3.63, 3.8) is 0 Å². The van der Waals surface area contributed by atoms with Crippen LogP contribution in [-0.4, -0.2) is 0 Å². The third-order valence-corrected chi connectivity index (χ3v) is 13.6. The highest BCUT2D eigenvalue weighted by Crippen LogP contribution is 2.59. The summed E-state index contributed by atoms with van der Waals surface area (Å²) in [5.74, 6) is 0. The fourth-order valence-electron chi connectivity index (χ4n) is 10.6. The maximum Gasteiger partial charge on any atom is 0.0713 e. The number of rotatable bonds is 6. The monoisotopic (exact) mass is 789 g/mol. The summed E-state index contributed by atoms with van der Waals surface area (Å²) < 4.78 is 0. The molecular formula is C60H55N. The first kappa shape index (κ1) is 38.7. The molecule has 0 atom stereocenters. The highest BCUT2D eigenvalue weighted by Gasteiger charge is 2.46. The molecule has 0 heterocycles. The van der Waals surface area contributed by atoms with Crippen molar-refractivity contribution in [1.29, 1.82) is 0 Å². The van der Waals surface area contributed by atoms with Gasteiger partial charge in [0.2, 0.25) is 0 Å². The van der Waals surface area contributed by atoms with E-state index in [1.807, 2.05) is 0 Å². The molecule has 1 nitrogen and oxygen atoms in total. The topological polar surface area (TPSA) is 3.24 Å². The smallest absolute Gasteiger partial charge is 0.0713 e. The van der Waals surface area contributed by atoms with Crippen LogP contribution < -0.4 is 4.90 Å². The van der Waals surface area contributed by atoms with Gasteiger partial charge >= 0.3 is 0 Å². The van der Waals surface area contributed by atoms with Gasteiger partial charge < -0.3 is 4.90 Å². The summed E-state index contributed by atoms with van der Waals surface area (Å²) in [7, 11) is 0. The number of hydrogen-bond acceptors (Lipinski definition) is 1. The third-order valence-electron chi connectivity index (χ3n) is 13.6. The predicted octanol–water partition coefficient (Wildman–Crippen LogP) is 16.1. The van der Waals surface area contributed by atoms with E-state index < -0.39 is 5.41 Å². The van der Waals surface area contributed by atoms with E-state index in [9.17, 15) is 0 Å². The lowest BCUT2D eigenvalue weighted by molar-refractivity contribution is 0.545. The van der Waals surface area contributed by atoms with Gasteiger partial charge in [-0.25, -0.2) is 0 Å². The van der Waals surface area contributed by atoms with Gasteiger partial charge in [-0.05, 0) is 113 Å². The van der Waals surface area contributed by atoms with Crippen molar-refractivity contribution < 1.29 is 0 Å². The van der Waals surface area contributed by atoms with E-state index in [2.05, 4.69) is 248 Å². The zero-order chi connectivity index (χ0) is 42.3. The third kappa shape index (κ3) is 6.04. The number of anilines is 3. The zero-order valence-corrected chi connectivity index (χ0v) is 36.8. The molecule has 2 aliphatic carbocycles. The SMILES string of the molecule is CC(C)(C)c1cc2c(c(C(C)(C)C)c1)C(C)(C)c1cccc(N(c3ccc(-c4ccccc4)cc3)c3ccc(C4(c5ccccc5)c5ccccc5-c5ccccc54)cc3)c1-2. The molecule has 8 aromatic rings. The molecule has 0 unspecified atom stereocenters. The van der Waals surface area contributed by atoms with Crippen LogP contribution in [0.25, 0.3) is 33.4 Å². The number of benzene rings is 8. The van der Waals surface area contributed by atoms with Crippen LogP contribution in [0, 0.1) is 0 Å². The lowest BCUT2D eigenvalue weighted by Gasteiger charge is -2.34. The van der Waals surface area contributed by atoms with Gasteiger partial charge in [0.15, 0.2) is 0 Å². The molecule has 2 aliphatic rings. The lowest BCUT2D eigenvalue weighted by atomic mass is 9.68. The molecule has 1 heteroatoms. The van der Waals surface area contributed by atoms with Crippen molar-refractivity contribution in [3.05, 3.63) is 233 Å². The van der Waals surface area contributed by atoms with E-state index in [1.165, 1.54) is 83.6 Å². The Morgan fingerprint density at radius 3 is 1.48 bits per heavy atom. The first-order chi connectivity index (χ1) is 29.3. The van der Waals surface area contributed by atoms with Crippen molar-refractivity contribution >= 4 is 17.1 Å². The Labute approximate surface area is 363 Å². The van der Waals surface area contributed by atoms with Gasteiger partial charge in [0.25, 0.3) is 0 Å². The van der Waals surface area contributed by atoms with Gasteiger partial charge in [-0.15, -0.1) is 0 Å². The van der Waals surface area contributed by atoms with Crippen LogP contribution in [0.3, 0.4) is 0 Å². The molecular weight excluding hydrogens is 735 g/mol. The van der Waals surface area contributed by atoms with Crippen molar-refractivity contribution in [2.75, 3.05) is 4.90 Å². The maximum atomic E-state index is 2.51. The molecule has 0 saturated carbocycles. The van der Waals surface area contributed by atoms with E-state index in [-0.39, 0.29) is 16.2 Å². The summed E-state index contributed by atoms with van der Waals surface area (Å²) in [5, 5.41) is 0. The summed E-state index contributed by atoms with van der Waals surface area (Å²) in [6, 6.07) is 70.5. The van der Waals surface area contributed by atoms with Gasteiger partial charge in [0.1, 0.15) is 0 Å². The summed E-state index contributed by atoms with van der Waals surface area (Å²) >= 11 is 0. The summed E-state index contributed by atoms with van der Waals surface area (Å²) in [6.07, 6.45) is 0. The average Bonchev–Trinajstić information content (AvgIpc) is 3.70. The first-order valence-electron chi connectivity index (χ1n) is 21.9. The van der Waals surface area contributed by atoms with Gasteiger partial charge in [0, 0.05) is 22.4 Å². The van der Waals surface area contributed by atoms with Crippen LogP contribution in [0.2, 0.25) is 0 Å². The second-order valence-corrected chi connectivity index (χ2v) is 19.8. The largest absolute Gasteiger partial charge is 0.310 e. The molecule has 300 valence electrons. The Kier molecular flexibility index (Phi) is 8.93. The average molecular weight is 790 g/mol. The minimum Gasteiger partial charge on any atom is -0.310 e. The molecule has 0 aliphatic heterocycles. The molecule has 0 spiro atoms. The van der Waals surface area contributed by atoms with E-state index in [0.717, 1.165) is 11.4 Å². The molecule has 10 rings (SSSR count). The van der Waals surface area contributed by atoms with Crippen LogP contribution in [-0.2, 0) is 21.7 Å². The predicted molar refractivity (Wildman–Crippen MR) is 259 cm³/mol. The fraction of sp³-hybridized carbons (Fsp3) is 0.200. The molecule has 0 radical (unpaired) electrons. The van der Waals surface area contributed by atoms with Gasteiger partial charge in [0.05, 0.1) is 11.1 Å². The van der Waals surface area contributed by atoms with Crippen molar-refractivity contribution in [2.45, 2.75) is 77.0 Å². The summed E-state index contributed by atoms with van der Waals surface area (Å²) in [5.41, 5.74) is 21.3. The second kappa shape index (κ2) is 14.1. The second-order valence-electron chi connectivity index (χ2n) is 19.8. The summed E-state index contributed by atoms with van der Waals surface area (Å²) in [6.45, 7) is 19.0. The summed E-state index contributed by atoms with van der Waals surface area (Å²) in [4.78, 5) is 2.51. The van der Waals surface area contributed by atoms with Crippen molar-refractivity contribution in [2.24, 2.45) is 0 Å². The van der Waals surface area contributed by atoms with E-state index in [1.54, 1.807) is 0 Å². The molecule has 0 saturated heterocycles. The molecule has 61 heavy (non-hydrogen) atoms. The van der Waals surface area contributed by atoms with Crippen LogP contribution in [0.4, 0.5) is 17.1 Å². The van der Waals surface area contributed by atoms with Crippen molar-refractivity contribution in [1.82, 2.24) is 0 Å². The van der Waals surface area contributed by atoms with E-state index >= 15 is 0 Å². The van der Waals surface area contributed by atoms with Crippen LogP contribution in [0.15, 0.2) is 188 Å². The van der Waals surface area contributed by atoms with Crippen molar-refractivity contribution in [3.8, 4) is 33.4 Å². The molecule has 0 aromatic heterocycles. The Morgan fingerprint density at radius 1 is 0.410 bits per heavy atom. The number of fused-ring (bicyclic) bond motifs is 6. The molecule has 8 aromatic carbocycles. The standard InChI is InChI=1S/C60H55N/c1-57(2,3)44-38-49-55-52(59(7,8)56(49)53(39-44)58(4,5)6)28-19-29-54(55)61(45-34-30-41(31-35-45)40-20-11-9-12-21-40)46-36-32-43(33-37-46)60(42-22-13-10-14-23-42)50-26-17-15-24-47(50)48-25-16-18-27-51(48)60/h9-39H,1-8H3. The highest BCUT2D eigenvalue weighted by atomic mass is 15.1. The molecule has 0 amide bonds. The Hall–Kier alpha value is -6.44. The maximum absolute atomic E-state index is 2.51. The molecule has 0 fully saturated rings. The van der Waals surface area contributed by atoms with Gasteiger partial charge in [-0.1, -0.05) is 213 Å².